The Hall–Kier alpha value is -1.47. The summed E-state index contributed by atoms with van der Waals surface area (Å²) in [4.78, 5) is 4.31. The van der Waals surface area contributed by atoms with Crippen molar-refractivity contribution in [2.24, 2.45) is 4.99 Å². The summed E-state index contributed by atoms with van der Waals surface area (Å²) < 4.78 is 0. The standard InChI is InChI=1S/C12H15N3S/c1-3-4-10-5-7-11(8-6-10)15-12(16-2)14-9-13/h5-8H,3-4H2,1-2H3,(H,14,15). The summed E-state index contributed by atoms with van der Waals surface area (Å²) in [6.45, 7) is 2.16. The highest BCUT2D eigenvalue weighted by molar-refractivity contribution is 8.13. The van der Waals surface area contributed by atoms with Gasteiger partial charge in [-0.25, -0.2) is 4.99 Å². The monoisotopic (exact) mass is 233 g/mol. The van der Waals surface area contributed by atoms with Crippen molar-refractivity contribution in [1.29, 1.82) is 5.26 Å². The third kappa shape index (κ3) is 3.95. The lowest BCUT2D eigenvalue weighted by Crippen LogP contribution is -2.12. The third-order valence-corrected chi connectivity index (χ3v) is 2.64. The molecule has 16 heavy (non-hydrogen) atoms. The van der Waals surface area contributed by atoms with Crippen LogP contribution in [0, 0.1) is 11.5 Å². The Morgan fingerprint density at radius 1 is 1.44 bits per heavy atom. The first-order chi connectivity index (χ1) is 7.80. The largest absolute Gasteiger partial charge is 0.271 e. The topological polar surface area (TPSA) is 48.2 Å². The van der Waals surface area contributed by atoms with Gasteiger partial charge in [-0.05, 0) is 30.4 Å². The highest BCUT2D eigenvalue weighted by Crippen LogP contribution is 2.15. The second-order valence-electron chi connectivity index (χ2n) is 3.27. The summed E-state index contributed by atoms with van der Waals surface area (Å²) in [5, 5.41) is 11.7. The van der Waals surface area contributed by atoms with Gasteiger partial charge in [0.2, 0.25) is 0 Å². The molecule has 0 amide bonds. The van der Waals surface area contributed by atoms with Crippen LogP contribution in [0.4, 0.5) is 5.69 Å². The number of amidine groups is 1. The molecule has 0 spiro atoms. The summed E-state index contributed by atoms with van der Waals surface area (Å²) >= 11 is 1.42. The number of rotatable bonds is 3. The molecule has 0 bridgehead atoms. The summed E-state index contributed by atoms with van der Waals surface area (Å²) in [5.74, 6) is 0. The molecule has 84 valence electrons. The van der Waals surface area contributed by atoms with E-state index in [0.717, 1.165) is 18.5 Å². The number of thioether (sulfide) groups is 1. The van der Waals surface area contributed by atoms with Crippen LogP contribution >= 0.6 is 11.8 Å². The van der Waals surface area contributed by atoms with E-state index in [9.17, 15) is 0 Å². The number of nitrogens with one attached hydrogen (secondary N) is 1. The molecule has 1 aromatic rings. The maximum absolute atomic E-state index is 8.50. The average molecular weight is 233 g/mol. The molecule has 0 atom stereocenters. The van der Waals surface area contributed by atoms with Crippen molar-refractivity contribution in [3.63, 3.8) is 0 Å². The van der Waals surface area contributed by atoms with Gasteiger partial charge in [-0.2, -0.15) is 5.26 Å². The highest BCUT2D eigenvalue weighted by Gasteiger charge is 1.96. The Morgan fingerprint density at radius 3 is 2.62 bits per heavy atom. The van der Waals surface area contributed by atoms with Gasteiger partial charge in [-0.3, -0.25) is 5.32 Å². The van der Waals surface area contributed by atoms with Gasteiger partial charge in [0, 0.05) is 0 Å². The van der Waals surface area contributed by atoms with Crippen LogP contribution in [0.15, 0.2) is 29.3 Å². The van der Waals surface area contributed by atoms with Crippen molar-refractivity contribution in [1.82, 2.24) is 5.32 Å². The van der Waals surface area contributed by atoms with Crippen LogP contribution in [0.2, 0.25) is 0 Å². The van der Waals surface area contributed by atoms with Crippen LogP contribution in [0.1, 0.15) is 18.9 Å². The normalized spacial score (nSPS) is 10.9. The van der Waals surface area contributed by atoms with E-state index in [2.05, 4.69) is 29.4 Å². The molecule has 0 saturated carbocycles. The maximum Gasteiger partial charge on any atom is 0.183 e. The number of hydrogen-bond acceptors (Lipinski definition) is 3. The van der Waals surface area contributed by atoms with E-state index in [1.54, 1.807) is 0 Å². The molecule has 0 aromatic heterocycles. The number of aliphatic imine (C=N–C) groups is 1. The van der Waals surface area contributed by atoms with Gasteiger partial charge in [-0.15, -0.1) is 0 Å². The first-order valence-electron chi connectivity index (χ1n) is 5.17. The molecular formula is C12H15N3S. The van der Waals surface area contributed by atoms with Crippen LogP contribution in [0.25, 0.3) is 0 Å². The molecule has 0 aliphatic heterocycles. The SMILES string of the molecule is CCCc1ccc(N=C(NC#N)SC)cc1. The Labute approximate surface area is 101 Å². The Kier molecular flexibility index (Phi) is 5.44. The van der Waals surface area contributed by atoms with Crippen molar-refractivity contribution in [2.45, 2.75) is 19.8 Å². The lowest BCUT2D eigenvalue weighted by Gasteiger charge is -2.01. The smallest absolute Gasteiger partial charge is 0.183 e. The molecule has 4 heteroatoms. The van der Waals surface area contributed by atoms with E-state index in [4.69, 9.17) is 5.26 Å². The zero-order valence-corrected chi connectivity index (χ0v) is 10.3. The molecule has 3 nitrogen and oxygen atoms in total. The molecule has 0 radical (unpaired) electrons. The Balaban J connectivity index is 2.77. The summed E-state index contributed by atoms with van der Waals surface area (Å²) in [6.07, 6.45) is 5.99. The van der Waals surface area contributed by atoms with Gasteiger partial charge in [0.15, 0.2) is 11.4 Å². The molecule has 1 rings (SSSR count). The first-order valence-corrected chi connectivity index (χ1v) is 6.39. The number of nitrogens with zero attached hydrogens (tertiary/aromatic N) is 2. The number of hydrogen-bond donors (Lipinski definition) is 1. The third-order valence-electron chi connectivity index (χ3n) is 2.06. The molecule has 0 fully saturated rings. The summed E-state index contributed by atoms with van der Waals surface area (Å²) in [6, 6.07) is 8.10. The number of benzene rings is 1. The minimum absolute atomic E-state index is 0.616. The van der Waals surface area contributed by atoms with Gasteiger partial charge >= 0.3 is 0 Å². The molecule has 0 aliphatic rings. The van der Waals surface area contributed by atoms with Crippen LogP contribution in [-0.4, -0.2) is 11.4 Å². The minimum atomic E-state index is 0.616. The van der Waals surface area contributed by atoms with E-state index in [-0.39, 0.29) is 0 Å². The van der Waals surface area contributed by atoms with Crippen molar-refractivity contribution >= 4 is 22.6 Å². The fraction of sp³-hybridized carbons (Fsp3) is 0.333. The van der Waals surface area contributed by atoms with Crippen molar-refractivity contribution in [2.75, 3.05) is 6.26 Å². The number of aryl methyl sites for hydroxylation is 1. The first kappa shape index (κ1) is 12.6. The van der Waals surface area contributed by atoms with Crippen molar-refractivity contribution < 1.29 is 0 Å². The molecule has 0 heterocycles. The zero-order chi connectivity index (χ0) is 11.8. The van der Waals surface area contributed by atoms with Crippen LogP contribution in [0.5, 0.6) is 0 Å². The quantitative estimate of drug-likeness (QED) is 0.378. The number of nitriles is 1. The van der Waals surface area contributed by atoms with E-state index >= 15 is 0 Å². The average Bonchev–Trinajstić information content (AvgIpc) is 2.31. The second kappa shape index (κ2) is 6.91. The van der Waals surface area contributed by atoms with Gasteiger partial charge < -0.3 is 0 Å². The summed E-state index contributed by atoms with van der Waals surface area (Å²) in [7, 11) is 0. The fourth-order valence-electron chi connectivity index (χ4n) is 1.32. The molecule has 0 unspecified atom stereocenters. The van der Waals surface area contributed by atoms with E-state index in [1.807, 2.05) is 24.6 Å². The van der Waals surface area contributed by atoms with Gasteiger partial charge in [-0.1, -0.05) is 37.2 Å². The maximum atomic E-state index is 8.50. The van der Waals surface area contributed by atoms with E-state index in [0.29, 0.717) is 5.17 Å². The Morgan fingerprint density at radius 2 is 2.12 bits per heavy atom. The fourth-order valence-corrected chi connectivity index (χ4v) is 1.66. The van der Waals surface area contributed by atoms with E-state index in [1.165, 1.54) is 17.3 Å². The molecule has 1 N–H and O–H groups in total. The van der Waals surface area contributed by atoms with Crippen LogP contribution in [0.3, 0.4) is 0 Å². The summed E-state index contributed by atoms with van der Waals surface area (Å²) in [5.41, 5.74) is 2.19. The molecular weight excluding hydrogens is 218 g/mol. The Bertz CT molecular complexity index is 390. The predicted molar refractivity (Wildman–Crippen MR) is 69.8 cm³/mol. The molecule has 0 saturated heterocycles. The van der Waals surface area contributed by atoms with E-state index < -0.39 is 0 Å². The molecule has 0 aliphatic carbocycles. The van der Waals surface area contributed by atoms with Crippen LogP contribution < -0.4 is 5.32 Å². The predicted octanol–water partition coefficient (Wildman–Crippen LogP) is 3.06. The van der Waals surface area contributed by atoms with Crippen molar-refractivity contribution in [3.8, 4) is 6.19 Å². The van der Waals surface area contributed by atoms with Crippen LogP contribution in [-0.2, 0) is 6.42 Å². The highest BCUT2D eigenvalue weighted by atomic mass is 32.2. The molecule has 1 aromatic carbocycles. The second-order valence-corrected chi connectivity index (χ2v) is 4.07. The van der Waals surface area contributed by atoms with Crippen molar-refractivity contribution in [3.05, 3.63) is 29.8 Å². The van der Waals surface area contributed by atoms with Gasteiger partial charge in [0.25, 0.3) is 0 Å². The lowest BCUT2D eigenvalue weighted by molar-refractivity contribution is 0.922. The zero-order valence-electron chi connectivity index (χ0n) is 9.53. The van der Waals surface area contributed by atoms with Gasteiger partial charge in [0.05, 0.1) is 5.69 Å². The van der Waals surface area contributed by atoms with Gasteiger partial charge in [0.1, 0.15) is 0 Å². The minimum Gasteiger partial charge on any atom is -0.271 e. The lowest BCUT2D eigenvalue weighted by atomic mass is 10.1.